The van der Waals surface area contributed by atoms with Gasteiger partial charge < -0.3 is 4.90 Å². The Kier molecular flexibility index (Phi) is 9.93. The van der Waals surface area contributed by atoms with Crippen LogP contribution in [0.3, 0.4) is 0 Å². The predicted molar refractivity (Wildman–Crippen MR) is 73.8 cm³/mol. The van der Waals surface area contributed by atoms with Crippen molar-refractivity contribution in [2.75, 3.05) is 25.0 Å². The second-order valence-corrected chi connectivity index (χ2v) is 5.57. The first kappa shape index (κ1) is 15.4. The molecule has 0 radical (unpaired) electrons. The van der Waals surface area contributed by atoms with Crippen molar-refractivity contribution in [3.63, 3.8) is 0 Å². The van der Waals surface area contributed by atoms with E-state index >= 15 is 0 Å². The number of rotatable bonds is 9. The van der Waals surface area contributed by atoms with Crippen LogP contribution in [-0.2, 0) is 0 Å². The lowest BCUT2D eigenvalue weighted by Gasteiger charge is -2.25. The molecule has 0 spiro atoms. The van der Waals surface area contributed by atoms with Crippen LogP contribution in [0.25, 0.3) is 0 Å². The van der Waals surface area contributed by atoms with Gasteiger partial charge in [-0.25, -0.2) is 0 Å². The fraction of sp³-hybridized carbons (Fsp3) is 1.00. The lowest BCUT2D eigenvalue weighted by Crippen LogP contribution is -2.30. The topological polar surface area (TPSA) is 3.24 Å². The highest BCUT2D eigenvalue weighted by atomic mass is 79.9. The van der Waals surface area contributed by atoms with Gasteiger partial charge in [0.05, 0.1) is 0 Å². The van der Waals surface area contributed by atoms with Gasteiger partial charge in [-0.1, -0.05) is 50.0 Å². The SMILES string of the molecule is CCC(C)CN(CC)CCC(C)CCBr. The van der Waals surface area contributed by atoms with Crippen LogP contribution in [0.5, 0.6) is 0 Å². The molecule has 0 aliphatic heterocycles. The molecule has 92 valence electrons. The molecule has 15 heavy (non-hydrogen) atoms. The molecule has 1 nitrogen and oxygen atoms in total. The molecular formula is C13H28BrN. The molecule has 0 aromatic carbocycles. The minimum atomic E-state index is 0.844. The Morgan fingerprint density at radius 3 is 2.20 bits per heavy atom. The maximum absolute atomic E-state index is 3.51. The third-order valence-electron chi connectivity index (χ3n) is 3.25. The van der Waals surface area contributed by atoms with E-state index in [0.29, 0.717) is 0 Å². The van der Waals surface area contributed by atoms with E-state index in [4.69, 9.17) is 0 Å². The van der Waals surface area contributed by atoms with Crippen molar-refractivity contribution in [2.45, 2.75) is 47.0 Å². The number of hydrogen-bond donors (Lipinski definition) is 0. The maximum Gasteiger partial charge on any atom is 0.00338 e. The van der Waals surface area contributed by atoms with Crippen LogP contribution in [0.15, 0.2) is 0 Å². The van der Waals surface area contributed by atoms with Gasteiger partial charge in [-0.2, -0.15) is 0 Å². The maximum atomic E-state index is 3.51. The van der Waals surface area contributed by atoms with E-state index < -0.39 is 0 Å². The summed E-state index contributed by atoms with van der Waals surface area (Å²) in [5, 5.41) is 1.14. The van der Waals surface area contributed by atoms with Gasteiger partial charge in [0.1, 0.15) is 0 Å². The minimum Gasteiger partial charge on any atom is -0.303 e. The quantitative estimate of drug-likeness (QED) is 0.572. The highest BCUT2D eigenvalue weighted by Gasteiger charge is 2.09. The Hall–Kier alpha value is 0.440. The predicted octanol–water partition coefficient (Wildman–Crippen LogP) is 4.17. The molecule has 2 unspecified atom stereocenters. The van der Waals surface area contributed by atoms with Gasteiger partial charge in [-0.3, -0.25) is 0 Å². The van der Waals surface area contributed by atoms with Crippen molar-refractivity contribution >= 4 is 15.9 Å². The van der Waals surface area contributed by atoms with E-state index in [-0.39, 0.29) is 0 Å². The number of alkyl halides is 1. The van der Waals surface area contributed by atoms with Gasteiger partial charge in [0, 0.05) is 11.9 Å². The molecule has 0 fully saturated rings. The zero-order chi connectivity index (χ0) is 11.7. The van der Waals surface area contributed by atoms with Crippen molar-refractivity contribution in [1.29, 1.82) is 0 Å². The summed E-state index contributed by atoms with van der Waals surface area (Å²) in [6.45, 7) is 13.0. The van der Waals surface area contributed by atoms with Gasteiger partial charge in [-0.05, 0) is 37.8 Å². The number of halogens is 1. The van der Waals surface area contributed by atoms with Crippen LogP contribution in [-0.4, -0.2) is 29.9 Å². The third-order valence-corrected chi connectivity index (χ3v) is 3.71. The second kappa shape index (κ2) is 9.65. The van der Waals surface area contributed by atoms with E-state index in [9.17, 15) is 0 Å². The van der Waals surface area contributed by atoms with Crippen LogP contribution < -0.4 is 0 Å². The van der Waals surface area contributed by atoms with Crippen molar-refractivity contribution in [3.8, 4) is 0 Å². The Bertz CT molecular complexity index is 138. The molecule has 0 aromatic heterocycles. The lowest BCUT2D eigenvalue weighted by molar-refractivity contribution is 0.230. The zero-order valence-corrected chi connectivity index (χ0v) is 12.5. The second-order valence-electron chi connectivity index (χ2n) is 4.78. The molecule has 0 aromatic rings. The average Bonchev–Trinajstić information content (AvgIpc) is 2.24. The first-order valence-electron chi connectivity index (χ1n) is 6.42. The molecule has 0 saturated heterocycles. The molecule has 0 aliphatic carbocycles. The van der Waals surface area contributed by atoms with Crippen molar-refractivity contribution in [2.24, 2.45) is 11.8 Å². The lowest BCUT2D eigenvalue weighted by atomic mass is 10.0. The van der Waals surface area contributed by atoms with Gasteiger partial charge in [0.25, 0.3) is 0 Å². The zero-order valence-electron chi connectivity index (χ0n) is 10.9. The number of nitrogens with zero attached hydrogens (tertiary/aromatic N) is 1. The van der Waals surface area contributed by atoms with Crippen LogP contribution in [0.1, 0.15) is 47.0 Å². The smallest absolute Gasteiger partial charge is 0.00338 e. The van der Waals surface area contributed by atoms with Gasteiger partial charge in [0.2, 0.25) is 0 Å². The summed E-state index contributed by atoms with van der Waals surface area (Å²) in [4.78, 5) is 2.60. The molecule has 0 heterocycles. The molecule has 0 saturated carbocycles. The molecule has 0 amide bonds. The van der Waals surface area contributed by atoms with Crippen molar-refractivity contribution in [1.82, 2.24) is 4.90 Å². The summed E-state index contributed by atoms with van der Waals surface area (Å²) in [5.41, 5.74) is 0. The Morgan fingerprint density at radius 1 is 1.07 bits per heavy atom. The largest absolute Gasteiger partial charge is 0.303 e. The average molecular weight is 278 g/mol. The van der Waals surface area contributed by atoms with E-state index in [0.717, 1.165) is 17.2 Å². The highest BCUT2D eigenvalue weighted by Crippen LogP contribution is 2.11. The first-order valence-corrected chi connectivity index (χ1v) is 7.54. The molecule has 0 aliphatic rings. The van der Waals surface area contributed by atoms with Crippen LogP contribution >= 0.6 is 15.9 Å². The van der Waals surface area contributed by atoms with E-state index in [2.05, 4.69) is 48.5 Å². The van der Waals surface area contributed by atoms with Gasteiger partial charge in [-0.15, -0.1) is 0 Å². The van der Waals surface area contributed by atoms with Gasteiger partial charge in [0.15, 0.2) is 0 Å². The monoisotopic (exact) mass is 277 g/mol. The first-order chi connectivity index (χ1) is 7.13. The Balaban J connectivity index is 3.69. The Morgan fingerprint density at radius 2 is 1.73 bits per heavy atom. The Labute approximate surface area is 105 Å². The van der Waals surface area contributed by atoms with Crippen LogP contribution in [0.4, 0.5) is 0 Å². The standard InChI is InChI=1S/C13H28BrN/c1-5-12(3)11-15(6-2)10-8-13(4)7-9-14/h12-13H,5-11H2,1-4H3. The minimum absolute atomic E-state index is 0.844. The molecule has 2 atom stereocenters. The summed E-state index contributed by atoms with van der Waals surface area (Å²) >= 11 is 3.51. The normalized spacial score (nSPS) is 15.6. The summed E-state index contributed by atoms with van der Waals surface area (Å²) in [5.74, 6) is 1.70. The fourth-order valence-electron chi connectivity index (χ4n) is 1.68. The molecule has 0 N–H and O–H groups in total. The van der Waals surface area contributed by atoms with Crippen molar-refractivity contribution < 1.29 is 0 Å². The van der Waals surface area contributed by atoms with Crippen molar-refractivity contribution in [3.05, 3.63) is 0 Å². The van der Waals surface area contributed by atoms with Crippen LogP contribution in [0.2, 0.25) is 0 Å². The molecular weight excluding hydrogens is 250 g/mol. The van der Waals surface area contributed by atoms with Gasteiger partial charge >= 0.3 is 0 Å². The molecule has 0 rings (SSSR count). The summed E-state index contributed by atoms with van der Waals surface area (Å²) in [7, 11) is 0. The van der Waals surface area contributed by atoms with E-state index in [1.807, 2.05) is 0 Å². The number of hydrogen-bond acceptors (Lipinski definition) is 1. The van der Waals surface area contributed by atoms with E-state index in [1.54, 1.807) is 0 Å². The van der Waals surface area contributed by atoms with E-state index in [1.165, 1.54) is 38.9 Å². The third kappa shape index (κ3) is 8.27. The van der Waals surface area contributed by atoms with Crippen LogP contribution in [0, 0.1) is 11.8 Å². The molecule has 0 bridgehead atoms. The summed E-state index contributed by atoms with van der Waals surface area (Å²) in [6, 6.07) is 0. The fourth-order valence-corrected chi connectivity index (χ4v) is 2.46. The highest BCUT2D eigenvalue weighted by molar-refractivity contribution is 9.09. The summed E-state index contributed by atoms with van der Waals surface area (Å²) < 4.78 is 0. The summed E-state index contributed by atoms with van der Waals surface area (Å²) in [6.07, 6.45) is 3.95. The molecule has 2 heteroatoms.